The van der Waals surface area contributed by atoms with Crippen molar-refractivity contribution in [1.29, 1.82) is 5.26 Å². The predicted octanol–water partition coefficient (Wildman–Crippen LogP) is 1.32. The van der Waals surface area contributed by atoms with Gasteiger partial charge in [-0.1, -0.05) is 0 Å². The smallest absolute Gasteiger partial charge is 0.284 e. The highest BCUT2D eigenvalue weighted by Gasteiger charge is 2.20. The number of nitriles is 1. The van der Waals surface area contributed by atoms with Crippen molar-refractivity contribution in [3.05, 3.63) is 33.5 Å². The van der Waals surface area contributed by atoms with Crippen molar-refractivity contribution in [3.63, 3.8) is 0 Å². The molecule has 0 amide bonds. The summed E-state index contributed by atoms with van der Waals surface area (Å²) in [6.45, 7) is 0. The van der Waals surface area contributed by atoms with Crippen molar-refractivity contribution in [1.82, 2.24) is 4.98 Å². The Morgan fingerprint density at radius 2 is 2.15 bits per heavy atom. The lowest BCUT2D eigenvalue weighted by Crippen LogP contribution is -2.15. The third-order valence-corrected chi connectivity index (χ3v) is 1.41. The Morgan fingerprint density at radius 1 is 1.54 bits per heavy atom. The molecule has 0 saturated heterocycles. The molecule has 0 aliphatic carbocycles. The first-order valence-corrected chi connectivity index (χ1v) is 3.17. The highest BCUT2D eigenvalue weighted by Crippen LogP contribution is 2.22. The van der Waals surface area contributed by atoms with Gasteiger partial charge < -0.3 is 4.98 Å². The summed E-state index contributed by atoms with van der Waals surface area (Å²) >= 11 is 0. The number of H-pyrrole nitrogens is 1. The predicted molar refractivity (Wildman–Crippen MR) is 36.7 cm³/mol. The number of hydrogen-bond acceptors (Lipinski definition) is 2. The summed E-state index contributed by atoms with van der Waals surface area (Å²) in [4.78, 5) is 12.4. The molecule has 0 aliphatic heterocycles. The van der Waals surface area contributed by atoms with E-state index in [4.69, 9.17) is 5.26 Å². The van der Waals surface area contributed by atoms with Crippen molar-refractivity contribution >= 4 is 0 Å². The first kappa shape index (κ1) is 9.32. The summed E-state index contributed by atoms with van der Waals surface area (Å²) in [5, 5.41) is 8.31. The maximum absolute atomic E-state index is 12.7. The van der Waals surface area contributed by atoms with Gasteiger partial charge in [0.25, 0.3) is 12.0 Å². The molecule has 0 bridgehead atoms. The van der Waals surface area contributed by atoms with Crippen molar-refractivity contribution < 1.29 is 13.2 Å². The first-order chi connectivity index (χ1) is 6.07. The Bertz CT molecular complexity index is 419. The third-order valence-electron chi connectivity index (χ3n) is 1.41. The second-order valence-corrected chi connectivity index (χ2v) is 2.17. The lowest BCUT2D eigenvalue weighted by molar-refractivity contribution is 0.145. The van der Waals surface area contributed by atoms with Gasteiger partial charge in [0.2, 0.25) is 0 Å². The summed E-state index contributed by atoms with van der Waals surface area (Å²) in [6.07, 6.45) is -2.41. The maximum Gasteiger partial charge on any atom is 0.284 e. The van der Waals surface area contributed by atoms with Gasteiger partial charge in [-0.05, 0) is 0 Å². The van der Waals surface area contributed by atoms with Gasteiger partial charge in [-0.3, -0.25) is 4.79 Å². The molecule has 0 spiro atoms. The van der Waals surface area contributed by atoms with E-state index in [2.05, 4.69) is 0 Å². The number of nitrogens with zero attached hydrogens (tertiary/aromatic N) is 1. The topological polar surface area (TPSA) is 56.6 Å². The van der Waals surface area contributed by atoms with Crippen LogP contribution in [0.4, 0.5) is 13.2 Å². The fourth-order valence-electron chi connectivity index (χ4n) is 0.825. The molecule has 0 radical (unpaired) electrons. The van der Waals surface area contributed by atoms with E-state index in [9.17, 15) is 18.0 Å². The Kier molecular flexibility index (Phi) is 2.37. The van der Waals surface area contributed by atoms with Gasteiger partial charge in [-0.2, -0.15) is 5.26 Å². The van der Waals surface area contributed by atoms with E-state index >= 15 is 0 Å². The zero-order valence-electron chi connectivity index (χ0n) is 6.14. The van der Waals surface area contributed by atoms with E-state index in [1.54, 1.807) is 0 Å². The summed E-state index contributed by atoms with van der Waals surface area (Å²) < 4.78 is 36.9. The molecular formula is C7H3F3N2O. The Balaban J connectivity index is 3.53. The SMILES string of the molecule is N#Cc1c[nH]c(=O)c(F)c1C(F)F. The molecular weight excluding hydrogens is 185 g/mol. The van der Waals surface area contributed by atoms with E-state index in [1.807, 2.05) is 4.98 Å². The highest BCUT2D eigenvalue weighted by atomic mass is 19.3. The highest BCUT2D eigenvalue weighted by molar-refractivity contribution is 5.36. The second kappa shape index (κ2) is 3.31. The summed E-state index contributed by atoms with van der Waals surface area (Å²) in [6, 6.07) is 1.35. The molecule has 0 atom stereocenters. The molecule has 0 aromatic carbocycles. The monoisotopic (exact) mass is 188 g/mol. The van der Waals surface area contributed by atoms with Crippen LogP contribution in [0, 0.1) is 17.1 Å². The van der Waals surface area contributed by atoms with Gasteiger partial charge >= 0.3 is 0 Å². The third kappa shape index (κ3) is 1.54. The van der Waals surface area contributed by atoms with Gasteiger partial charge in [-0.15, -0.1) is 0 Å². The van der Waals surface area contributed by atoms with Gasteiger partial charge in [0.15, 0.2) is 5.82 Å². The van der Waals surface area contributed by atoms with Crippen LogP contribution in [0.15, 0.2) is 11.0 Å². The maximum atomic E-state index is 12.7. The molecule has 0 unspecified atom stereocenters. The van der Waals surface area contributed by atoms with Crippen LogP contribution < -0.4 is 5.56 Å². The van der Waals surface area contributed by atoms with Crippen molar-refractivity contribution in [2.24, 2.45) is 0 Å². The Hall–Kier alpha value is -1.77. The number of alkyl halides is 2. The van der Waals surface area contributed by atoms with E-state index in [-0.39, 0.29) is 0 Å². The zero-order chi connectivity index (χ0) is 10.0. The minimum Gasteiger partial charge on any atom is -0.325 e. The number of nitrogens with one attached hydrogen (secondary N) is 1. The van der Waals surface area contributed by atoms with Crippen LogP contribution in [0.25, 0.3) is 0 Å². The molecule has 68 valence electrons. The van der Waals surface area contributed by atoms with Crippen molar-refractivity contribution in [2.75, 3.05) is 0 Å². The van der Waals surface area contributed by atoms with E-state index in [0.717, 1.165) is 6.20 Å². The molecule has 13 heavy (non-hydrogen) atoms. The van der Waals surface area contributed by atoms with Crippen LogP contribution in [0.2, 0.25) is 0 Å². The standard InChI is InChI=1S/C7H3F3N2O/c8-5-4(6(9)10)3(1-11)2-12-7(5)13/h2,6H,(H,12,13). The molecule has 1 aromatic rings. The molecule has 1 rings (SSSR count). The first-order valence-electron chi connectivity index (χ1n) is 3.17. The van der Waals surface area contributed by atoms with Crippen LogP contribution in [0.1, 0.15) is 17.6 Å². The molecule has 3 nitrogen and oxygen atoms in total. The summed E-state index contributed by atoms with van der Waals surface area (Å²) in [7, 11) is 0. The van der Waals surface area contributed by atoms with Crippen LogP contribution in [0.3, 0.4) is 0 Å². The minimum atomic E-state index is -3.17. The fraction of sp³-hybridized carbons (Fsp3) is 0.143. The van der Waals surface area contributed by atoms with E-state index in [0.29, 0.717) is 0 Å². The zero-order valence-corrected chi connectivity index (χ0v) is 6.14. The van der Waals surface area contributed by atoms with E-state index < -0.39 is 28.9 Å². The number of halogens is 3. The van der Waals surface area contributed by atoms with Crippen molar-refractivity contribution in [2.45, 2.75) is 6.43 Å². The second-order valence-electron chi connectivity index (χ2n) is 2.17. The molecule has 1 heterocycles. The molecule has 0 aliphatic rings. The van der Waals surface area contributed by atoms with Crippen molar-refractivity contribution in [3.8, 4) is 6.07 Å². The molecule has 1 N–H and O–H groups in total. The lowest BCUT2D eigenvalue weighted by Gasteiger charge is -2.01. The number of rotatable bonds is 1. The molecule has 0 saturated carbocycles. The largest absolute Gasteiger partial charge is 0.325 e. The van der Waals surface area contributed by atoms with Crippen LogP contribution in [-0.2, 0) is 0 Å². The number of pyridine rings is 1. The average Bonchev–Trinajstić information content (AvgIpc) is 2.08. The fourth-order valence-corrected chi connectivity index (χ4v) is 0.825. The van der Waals surface area contributed by atoms with E-state index in [1.165, 1.54) is 6.07 Å². The number of aromatic nitrogens is 1. The molecule has 0 fully saturated rings. The Labute approximate surface area is 70.4 Å². The summed E-state index contributed by atoms with van der Waals surface area (Å²) in [5.41, 5.74) is -2.97. The van der Waals surface area contributed by atoms with Crippen LogP contribution in [-0.4, -0.2) is 4.98 Å². The Morgan fingerprint density at radius 3 is 2.62 bits per heavy atom. The lowest BCUT2D eigenvalue weighted by atomic mass is 10.1. The minimum absolute atomic E-state index is 0.563. The van der Waals surface area contributed by atoms with Gasteiger partial charge in [0, 0.05) is 6.20 Å². The van der Waals surface area contributed by atoms with Gasteiger partial charge in [0.1, 0.15) is 6.07 Å². The summed E-state index contributed by atoms with van der Waals surface area (Å²) in [5.74, 6) is -1.60. The van der Waals surface area contributed by atoms with Gasteiger partial charge in [-0.25, -0.2) is 13.2 Å². The average molecular weight is 188 g/mol. The van der Waals surface area contributed by atoms with Crippen LogP contribution >= 0.6 is 0 Å². The normalized spacial score (nSPS) is 10.1. The molecule has 6 heteroatoms. The number of aromatic amines is 1. The molecule has 1 aromatic heterocycles. The van der Waals surface area contributed by atoms with Gasteiger partial charge in [0.05, 0.1) is 11.1 Å². The quantitative estimate of drug-likeness (QED) is 0.722. The number of hydrogen-bond donors (Lipinski definition) is 1. The van der Waals surface area contributed by atoms with Crippen LogP contribution in [0.5, 0.6) is 0 Å².